The van der Waals surface area contributed by atoms with Crippen LogP contribution in [0, 0.1) is 17.4 Å². The van der Waals surface area contributed by atoms with Gasteiger partial charge >= 0.3 is 6.03 Å². The van der Waals surface area contributed by atoms with E-state index in [2.05, 4.69) is 27.9 Å². The highest BCUT2D eigenvalue weighted by atomic mass is 127. The number of urea groups is 1. The fraction of sp³-hybridized carbons (Fsp3) is 0.179. The first-order chi connectivity index (χ1) is 17.7. The van der Waals surface area contributed by atoms with Gasteiger partial charge in [-0.2, -0.15) is 0 Å². The Kier molecular flexibility index (Phi) is 8.19. The molecular formula is C28H24ClIN2O5. The fourth-order valence-corrected chi connectivity index (χ4v) is 4.64. The molecule has 1 aliphatic rings. The smallest absolute Gasteiger partial charge is 0.335 e. The van der Waals surface area contributed by atoms with Gasteiger partial charge in [-0.25, -0.2) is 9.69 Å². The number of benzene rings is 3. The van der Waals surface area contributed by atoms with Crippen LogP contribution in [0.2, 0.25) is 5.02 Å². The summed E-state index contributed by atoms with van der Waals surface area (Å²) < 4.78 is 12.6. The van der Waals surface area contributed by atoms with Crippen LogP contribution in [-0.2, 0) is 16.2 Å². The number of hydrogen-bond acceptors (Lipinski definition) is 5. The normalized spacial score (nSPS) is 14.7. The highest BCUT2D eigenvalue weighted by molar-refractivity contribution is 14.1. The van der Waals surface area contributed by atoms with Crippen molar-refractivity contribution in [2.24, 2.45) is 0 Å². The molecule has 0 aliphatic carbocycles. The third-order valence-electron chi connectivity index (χ3n) is 5.79. The van der Waals surface area contributed by atoms with Crippen LogP contribution in [0.5, 0.6) is 11.5 Å². The van der Waals surface area contributed by atoms with Crippen LogP contribution in [0.4, 0.5) is 10.5 Å². The number of carbonyl (C=O) groups is 3. The second-order valence-corrected chi connectivity index (χ2v) is 10.0. The lowest BCUT2D eigenvalue weighted by molar-refractivity contribution is -0.122. The molecule has 4 rings (SSSR count). The molecule has 9 heteroatoms. The monoisotopic (exact) mass is 630 g/mol. The van der Waals surface area contributed by atoms with Gasteiger partial charge in [0.25, 0.3) is 11.8 Å². The van der Waals surface area contributed by atoms with E-state index in [0.29, 0.717) is 41.0 Å². The Balaban J connectivity index is 1.66. The zero-order chi connectivity index (χ0) is 26.7. The van der Waals surface area contributed by atoms with Crippen LogP contribution in [0.25, 0.3) is 6.08 Å². The largest absolute Gasteiger partial charge is 0.490 e. The number of hydrogen-bond donors (Lipinski definition) is 1. The molecule has 1 heterocycles. The molecule has 0 aromatic heterocycles. The van der Waals surface area contributed by atoms with Gasteiger partial charge in [-0.1, -0.05) is 29.8 Å². The van der Waals surface area contributed by atoms with Crippen LogP contribution >= 0.6 is 34.2 Å². The Morgan fingerprint density at radius 2 is 1.70 bits per heavy atom. The maximum absolute atomic E-state index is 13.3. The molecule has 1 aliphatic heterocycles. The van der Waals surface area contributed by atoms with Crippen LogP contribution in [0.1, 0.15) is 29.2 Å². The average molecular weight is 631 g/mol. The van der Waals surface area contributed by atoms with Crippen molar-refractivity contribution in [3.05, 3.63) is 91.0 Å². The van der Waals surface area contributed by atoms with Crippen molar-refractivity contribution in [2.75, 3.05) is 11.5 Å². The molecule has 0 saturated carbocycles. The van der Waals surface area contributed by atoms with E-state index < -0.39 is 17.8 Å². The summed E-state index contributed by atoms with van der Waals surface area (Å²) >= 11 is 8.08. The van der Waals surface area contributed by atoms with E-state index in [4.69, 9.17) is 21.1 Å². The number of aryl methyl sites for hydroxylation is 2. The SMILES string of the molecule is CCOc1cc(/C=C2\C(=O)NC(=O)N(c3ccc(C)c(C)c3)C2=O)cc(I)c1OCc1ccc(Cl)cc1. The number of anilines is 1. The maximum atomic E-state index is 13.3. The number of halogens is 2. The van der Waals surface area contributed by atoms with Crippen LogP contribution in [0.3, 0.4) is 0 Å². The van der Waals surface area contributed by atoms with Crippen molar-refractivity contribution in [1.29, 1.82) is 0 Å². The zero-order valence-electron chi connectivity index (χ0n) is 20.4. The number of carbonyl (C=O) groups excluding carboxylic acids is 3. The Hall–Kier alpha value is -3.37. The molecule has 0 radical (unpaired) electrons. The molecule has 3 aromatic carbocycles. The van der Waals surface area contributed by atoms with Crippen molar-refractivity contribution in [2.45, 2.75) is 27.4 Å². The Morgan fingerprint density at radius 1 is 0.973 bits per heavy atom. The molecule has 4 amide bonds. The summed E-state index contributed by atoms with van der Waals surface area (Å²) in [5.41, 5.74) is 3.67. The highest BCUT2D eigenvalue weighted by Crippen LogP contribution is 2.36. The van der Waals surface area contributed by atoms with Crippen molar-refractivity contribution in [3.63, 3.8) is 0 Å². The Morgan fingerprint density at radius 3 is 2.38 bits per heavy atom. The minimum atomic E-state index is -0.786. The molecular weight excluding hydrogens is 607 g/mol. The van der Waals surface area contributed by atoms with Crippen molar-refractivity contribution >= 4 is 63.8 Å². The van der Waals surface area contributed by atoms with E-state index in [-0.39, 0.29) is 5.57 Å². The van der Waals surface area contributed by atoms with E-state index in [0.717, 1.165) is 25.2 Å². The van der Waals surface area contributed by atoms with Gasteiger partial charge in [-0.05, 0) is 108 Å². The summed E-state index contributed by atoms with van der Waals surface area (Å²) in [6.45, 7) is 6.38. The highest BCUT2D eigenvalue weighted by Gasteiger charge is 2.37. The van der Waals surface area contributed by atoms with Gasteiger partial charge in [0, 0.05) is 5.02 Å². The third-order valence-corrected chi connectivity index (χ3v) is 6.84. The molecule has 0 bridgehead atoms. The number of amides is 4. The standard InChI is InChI=1S/C28H24ClIN2O5/c1-4-36-24-14-19(13-23(30)25(24)37-15-18-6-8-20(29)9-7-18)12-22-26(33)31-28(35)32(27(22)34)21-10-5-16(2)17(3)11-21/h5-14H,4,15H2,1-3H3,(H,31,33,35)/b22-12+. The summed E-state index contributed by atoms with van der Waals surface area (Å²) in [6.07, 6.45) is 1.45. The number of imide groups is 2. The second-order valence-electron chi connectivity index (χ2n) is 8.40. The molecule has 1 N–H and O–H groups in total. The van der Waals surface area contributed by atoms with Gasteiger partial charge in [0.1, 0.15) is 12.2 Å². The summed E-state index contributed by atoms with van der Waals surface area (Å²) in [5.74, 6) is -0.439. The van der Waals surface area contributed by atoms with Crippen LogP contribution < -0.4 is 19.7 Å². The minimum absolute atomic E-state index is 0.161. The van der Waals surface area contributed by atoms with Crippen LogP contribution in [-0.4, -0.2) is 24.5 Å². The van der Waals surface area contributed by atoms with Crippen molar-refractivity contribution in [1.82, 2.24) is 5.32 Å². The summed E-state index contributed by atoms with van der Waals surface area (Å²) in [4.78, 5) is 39.5. The maximum Gasteiger partial charge on any atom is 0.335 e. The second kappa shape index (κ2) is 11.4. The number of rotatable bonds is 7. The molecule has 1 fully saturated rings. The first-order valence-corrected chi connectivity index (χ1v) is 13.0. The average Bonchev–Trinajstić information content (AvgIpc) is 2.84. The molecule has 0 atom stereocenters. The predicted molar refractivity (Wildman–Crippen MR) is 151 cm³/mol. The van der Waals surface area contributed by atoms with E-state index >= 15 is 0 Å². The summed E-state index contributed by atoms with van der Waals surface area (Å²) in [5, 5.41) is 2.91. The first kappa shape index (κ1) is 26.7. The molecule has 190 valence electrons. The lowest BCUT2D eigenvalue weighted by Gasteiger charge is -2.27. The molecule has 7 nitrogen and oxygen atoms in total. The van der Waals surface area contributed by atoms with Gasteiger partial charge in [-0.15, -0.1) is 0 Å². The fourth-order valence-electron chi connectivity index (χ4n) is 3.73. The van der Waals surface area contributed by atoms with E-state index in [1.165, 1.54) is 6.08 Å². The number of nitrogens with one attached hydrogen (secondary N) is 1. The molecule has 37 heavy (non-hydrogen) atoms. The predicted octanol–water partition coefficient (Wildman–Crippen LogP) is 6.21. The van der Waals surface area contributed by atoms with Gasteiger partial charge in [0.05, 0.1) is 15.9 Å². The van der Waals surface area contributed by atoms with E-state index in [9.17, 15) is 14.4 Å². The molecule has 0 unspecified atom stereocenters. The quantitative estimate of drug-likeness (QED) is 0.191. The van der Waals surface area contributed by atoms with Crippen molar-refractivity contribution in [3.8, 4) is 11.5 Å². The van der Waals surface area contributed by atoms with E-state index in [1.807, 2.05) is 39.0 Å². The van der Waals surface area contributed by atoms with Gasteiger partial charge in [0.2, 0.25) is 0 Å². The zero-order valence-corrected chi connectivity index (χ0v) is 23.3. The van der Waals surface area contributed by atoms with Gasteiger partial charge in [0.15, 0.2) is 11.5 Å². The first-order valence-electron chi connectivity index (χ1n) is 11.5. The molecule has 0 spiro atoms. The Bertz CT molecular complexity index is 1420. The lowest BCUT2D eigenvalue weighted by atomic mass is 10.0. The topological polar surface area (TPSA) is 84.9 Å². The lowest BCUT2D eigenvalue weighted by Crippen LogP contribution is -2.54. The van der Waals surface area contributed by atoms with E-state index in [1.54, 1.807) is 36.4 Å². The van der Waals surface area contributed by atoms with Crippen molar-refractivity contribution < 1.29 is 23.9 Å². The van der Waals surface area contributed by atoms with Gasteiger partial charge in [-0.3, -0.25) is 14.9 Å². The van der Waals surface area contributed by atoms with Gasteiger partial charge < -0.3 is 9.47 Å². The molecule has 3 aromatic rings. The third kappa shape index (κ3) is 5.97. The summed E-state index contributed by atoms with van der Waals surface area (Å²) in [6, 6.07) is 15.3. The minimum Gasteiger partial charge on any atom is -0.490 e. The number of nitrogens with zero attached hydrogens (tertiary/aromatic N) is 1. The molecule has 1 saturated heterocycles. The summed E-state index contributed by atoms with van der Waals surface area (Å²) in [7, 11) is 0. The van der Waals surface area contributed by atoms with Crippen LogP contribution in [0.15, 0.2) is 60.2 Å². The number of ether oxygens (including phenoxy) is 2. The number of barbiturate groups is 1. The Labute approximate surface area is 233 Å².